The Kier molecular flexibility index (Phi) is 2.55. The third kappa shape index (κ3) is 2.11. The van der Waals surface area contributed by atoms with Crippen molar-refractivity contribution in [3.63, 3.8) is 0 Å². The average Bonchev–Trinajstić information content (AvgIpc) is 1.86. The molecule has 0 bridgehead atoms. The average molecular weight is 165 g/mol. The Labute approximate surface area is 66.5 Å². The number of halogens is 1. The van der Waals surface area contributed by atoms with Gasteiger partial charge in [-0.25, -0.2) is 0 Å². The van der Waals surface area contributed by atoms with Crippen LogP contribution in [0.2, 0.25) is 0 Å². The molecule has 0 aromatic rings. The molecule has 2 atom stereocenters. The quantitative estimate of drug-likeness (QED) is 0.550. The molecule has 10 heavy (non-hydrogen) atoms. The zero-order chi connectivity index (χ0) is 7.61. The first-order chi connectivity index (χ1) is 4.64. The Morgan fingerprint density at radius 1 is 1.70 bits per heavy atom. The number of rotatable bonds is 1. The van der Waals surface area contributed by atoms with Crippen LogP contribution in [0.4, 0.5) is 0 Å². The van der Waals surface area contributed by atoms with Crippen molar-refractivity contribution in [2.24, 2.45) is 0 Å². The van der Waals surface area contributed by atoms with Crippen LogP contribution in [-0.4, -0.2) is 24.9 Å². The standard InChI is InChI=1S/C7H13ClO2/c1-7(8)3-4-10-6(5-7)9-2/h6H,3-5H2,1-2H3/t6-,7-/m1/s1. The zero-order valence-electron chi connectivity index (χ0n) is 6.39. The lowest BCUT2D eigenvalue weighted by Gasteiger charge is -2.32. The van der Waals surface area contributed by atoms with Crippen molar-refractivity contribution in [2.45, 2.75) is 30.9 Å². The number of ether oxygens (including phenoxy) is 2. The highest BCUT2D eigenvalue weighted by Crippen LogP contribution is 2.30. The summed E-state index contributed by atoms with van der Waals surface area (Å²) in [7, 11) is 1.64. The van der Waals surface area contributed by atoms with E-state index in [0.29, 0.717) is 6.61 Å². The minimum atomic E-state index is -0.126. The van der Waals surface area contributed by atoms with Gasteiger partial charge >= 0.3 is 0 Å². The normalized spacial score (nSPS) is 41.7. The maximum Gasteiger partial charge on any atom is 0.158 e. The monoisotopic (exact) mass is 164 g/mol. The van der Waals surface area contributed by atoms with Crippen LogP contribution < -0.4 is 0 Å². The van der Waals surface area contributed by atoms with Crippen molar-refractivity contribution in [1.82, 2.24) is 0 Å². The van der Waals surface area contributed by atoms with E-state index in [-0.39, 0.29) is 11.2 Å². The fourth-order valence-electron chi connectivity index (χ4n) is 1.06. The van der Waals surface area contributed by atoms with Gasteiger partial charge in [-0.1, -0.05) is 0 Å². The van der Waals surface area contributed by atoms with E-state index in [1.54, 1.807) is 7.11 Å². The maximum absolute atomic E-state index is 6.09. The van der Waals surface area contributed by atoms with Gasteiger partial charge in [0, 0.05) is 18.4 Å². The lowest BCUT2D eigenvalue weighted by molar-refractivity contribution is -0.152. The van der Waals surface area contributed by atoms with Gasteiger partial charge in [-0.3, -0.25) is 0 Å². The lowest BCUT2D eigenvalue weighted by Crippen LogP contribution is -2.34. The van der Waals surface area contributed by atoms with Gasteiger partial charge < -0.3 is 9.47 Å². The van der Waals surface area contributed by atoms with E-state index in [2.05, 4.69) is 0 Å². The van der Waals surface area contributed by atoms with Crippen LogP contribution in [0.15, 0.2) is 0 Å². The molecular weight excluding hydrogens is 152 g/mol. The van der Waals surface area contributed by atoms with E-state index in [1.165, 1.54) is 0 Å². The van der Waals surface area contributed by atoms with Crippen LogP contribution in [0, 0.1) is 0 Å². The predicted octanol–water partition coefficient (Wildman–Crippen LogP) is 1.77. The predicted molar refractivity (Wildman–Crippen MR) is 40.2 cm³/mol. The summed E-state index contributed by atoms with van der Waals surface area (Å²) in [4.78, 5) is -0.126. The van der Waals surface area contributed by atoms with Crippen LogP contribution in [-0.2, 0) is 9.47 Å². The Balaban J connectivity index is 2.40. The highest BCUT2D eigenvalue weighted by Gasteiger charge is 2.30. The molecule has 0 N–H and O–H groups in total. The molecule has 0 aliphatic carbocycles. The second kappa shape index (κ2) is 3.07. The maximum atomic E-state index is 6.09. The molecule has 0 spiro atoms. The Morgan fingerprint density at radius 2 is 2.40 bits per heavy atom. The molecule has 0 saturated carbocycles. The summed E-state index contributed by atoms with van der Waals surface area (Å²) < 4.78 is 10.3. The highest BCUT2D eigenvalue weighted by atomic mass is 35.5. The summed E-state index contributed by atoms with van der Waals surface area (Å²) in [6.07, 6.45) is 1.59. The molecule has 0 aromatic heterocycles. The van der Waals surface area contributed by atoms with Crippen molar-refractivity contribution in [2.75, 3.05) is 13.7 Å². The van der Waals surface area contributed by atoms with E-state index in [0.717, 1.165) is 12.8 Å². The molecule has 0 radical (unpaired) electrons. The first-order valence-corrected chi connectivity index (χ1v) is 3.85. The van der Waals surface area contributed by atoms with E-state index in [9.17, 15) is 0 Å². The van der Waals surface area contributed by atoms with Crippen LogP contribution in [0.5, 0.6) is 0 Å². The van der Waals surface area contributed by atoms with Crippen molar-refractivity contribution in [3.8, 4) is 0 Å². The van der Waals surface area contributed by atoms with E-state index < -0.39 is 0 Å². The Hall–Kier alpha value is 0.210. The molecule has 1 aliphatic rings. The van der Waals surface area contributed by atoms with E-state index >= 15 is 0 Å². The Morgan fingerprint density at radius 3 is 2.80 bits per heavy atom. The number of methoxy groups -OCH3 is 1. The molecule has 1 saturated heterocycles. The molecule has 1 fully saturated rings. The van der Waals surface area contributed by atoms with Crippen LogP contribution in [0.25, 0.3) is 0 Å². The van der Waals surface area contributed by atoms with Gasteiger partial charge in [0.2, 0.25) is 0 Å². The van der Waals surface area contributed by atoms with Crippen molar-refractivity contribution < 1.29 is 9.47 Å². The third-order valence-corrected chi connectivity index (χ3v) is 2.13. The first-order valence-electron chi connectivity index (χ1n) is 3.47. The second-order valence-electron chi connectivity index (χ2n) is 2.90. The molecule has 0 aromatic carbocycles. The smallest absolute Gasteiger partial charge is 0.158 e. The van der Waals surface area contributed by atoms with Crippen molar-refractivity contribution >= 4 is 11.6 Å². The molecular formula is C7H13ClO2. The molecule has 0 amide bonds. The fourth-order valence-corrected chi connectivity index (χ4v) is 1.27. The summed E-state index contributed by atoms with van der Waals surface area (Å²) in [5.41, 5.74) is 0. The van der Waals surface area contributed by atoms with Crippen LogP contribution in [0.1, 0.15) is 19.8 Å². The van der Waals surface area contributed by atoms with Gasteiger partial charge in [0.15, 0.2) is 6.29 Å². The molecule has 1 rings (SSSR count). The van der Waals surface area contributed by atoms with Gasteiger partial charge in [0.05, 0.1) is 6.61 Å². The van der Waals surface area contributed by atoms with Crippen LogP contribution >= 0.6 is 11.6 Å². The molecule has 3 heteroatoms. The third-order valence-electron chi connectivity index (χ3n) is 1.78. The van der Waals surface area contributed by atoms with Crippen molar-refractivity contribution in [3.05, 3.63) is 0 Å². The van der Waals surface area contributed by atoms with Gasteiger partial charge in [0.25, 0.3) is 0 Å². The summed E-state index contributed by atoms with van der Waals surface area (Å²) in [6.45, 7) is 2.72. The molecule has 0 unspecified atom stereocenters. The summed E-state index contributed by atoms with van der Waals surface area (Å²) in [5.74, 6) is 0. The fraction of sp³-hybridized carbons (Fsp3) is 1.00. The second-order valence-corrected chi connectivity index (χ2v) is 3.82. The molecule has 1 aliphatic heterocycles. The Bertz CT molecular complexity index is 114. The minimum Gasteiger partial charge on any atom is -0.356 e. The number of alkyl halides is 1. The number of hydrogen-bond donors (Lipinski definition) is 0. The summed E-state index contributed by atoms with van der Waals surface area (Å²) in [6, 6.07) is 0. The van der Waals surface area contributed by atoms with E-state index in [1.807, 2.05) is 6.92 Å². The molecule has 2 nitrogen and oxygen atoms in total. The van der Waals surface area contributed by atoms with Gasteiger partial charge in [-0.05, 0) is 13.3 Å². The van der Waals surface area contributed by atoms with Crippen molar-refractivity contribution in [1.29, 1.82) is 0 Å². The molecule has 60 valence electrons. The van der Waals surface area contributed by atoms with Gasteiger partial charge in [0.1, 0.15) is 0 Å². The highest BCUT2D eigenvalue weighted by molar-refractivity contribution is 6.23. The number of hydrogen-bond acceptors (Lipinski definition) is 2. The topological polar surface area (TPSA) is 18.5 Å². The van der Waals surface area contributed by atoms with Gasteiger partial charge in [-0.2, -0.15) is 0 Å². The first kappa shape index (κ1) is 8.31. The lowest BCUT2D eigenvalue weighted by atomic mass is 10.0. The SMILES string of the molecule is CO[C@H]1C[C@](C)(Cl)CCO1. The van der Waals surface area contributed by atoms with Crippen LogP contribution in [0.3, 0.4) is 0 Å². The minimum absolute atomic E-state index is 0.101. The zero-order valence-corrected chi connectivity index (χ0v) is 7.15. The summed E-state index contributed by atoms with van der Waals surface area (Å²) >= 11 is 6.09. The van der Waals surface area contributed by atoms with E-state index in [4.69, 9.17) is 21.1 Å². The molecule has 1 heterocycles. The van der Waals surface area contributed by atoms with Gasteiger partial charge in [-0.15, -0.1) is 11.6 Å². The summed E-state index contributed by atoms with van der Waals surface area (Å²) in [5, 5.41) is 0. The largest absolute Gasteiger partial charge is 0.356 e.